The van der Waals surface area contributed by atoms with Crippen LogP contribution >= 0.6 is 15.9 Å². The number of nitrogens with one attached hydrogen (secondary N) is 1. The Hall–Kier alpha value is -2.85. The molecule has 0 aliphatic heterocycles. The van der Waals surface area contributed by atoms with Gasteiger partial charge in [-0.3, -0.25) is 4.40 Å². The summed E-state index contributed by atoms with van der Waals surface area (Å²) in [6, 6.07) is 24.8. The summed E-state index contributed by atoms with van der Waals surface area (Å²) >= 11 is 3.57. The molecule has 4 aromatic rings. The number of hydrogen-bond donors (Lipinski definition) is 1. The molecule has 2 aromatic carbocycles. The van der Waals surface area contributed by atoms with E-state index in [0.29, 0.717) is 0 Å². The largest absolute Gasteiger partial charge is 0.365 e. The van der Waals surface area contributed by atoms with Crippen molar-refractivity contribution in [2.75, 3.05) is 5.32 Å². The maximum absolute atomic E-state index is 4.87. The lowest BCUT2D eigenvalue weighted by Gasteiger charge is -2.10. The van der Waals surface area contributed by atoms with Crippen LogP contribution in [0, 0.1) is 0 Å². The molecule has 0 aliphatic rings. The highest BCUT2D eigenvalue weighted by molar-refractivity contribution is 9.10. The van der Waals surface area contributed by atoms with Gasteiger partial charge < -0.3 is 5.32 Å². The van der Waals surface area contributed by atoms with E-state index in [1.807, 2.05) is 24.3 Å². The summed E-state index contributed by atoms with van der Waals surface area (Å²) in [5, 5.41) is 3.59. The maximum Gasteiger partial charge on any atom is 0.139 e. The van der Waals surface area contributed by atoms with E-state index in [4.69, 9.17) is 4.98 Å². The second kappa shape index (κ2) is 7.80. The molecule has 0 saturated heterocycles. The summed E-state index contributed by atoms with van der Waals surface area (Å²) in [5.74, 6) is 1.000. The Balaban J connectivity index is 1.76. The number of fused-ring (bicyclic) bond motifs is 1. The van der Waals surface area contributed by atoms with Gasteiger partial charge in [-0.15, -0.1) is 0 Å². The standard InChI is InChI=1S/C23H20BrN3/c1-17(14-18-8-4-2-5-9-18)22-23(25-15-19-10-6-3-7-11-19)27-16-20(24)12-13-21(27)26-22/h2-14,16,25H,15H2,1H3. The number of imidazole rings is 1. The van der Waals surface area contributed by atoms with Crippen LogP contribution in [0.5, 0.6) is 0 Å². The highest BCUT2D eigenvalue weighted by Gasteiger charge is 2.14. The van der Waals surface area contributed by atoms with Gasteiger partial charge in [0.2, 0.25) is 0 Å². The Bertz CT molecular complexity index is 1080. The molecule has 0 amide bonds. The average Bonchev–Trinajstić information content (AvgIpc) is 3.06. The molecule has 0 bridgehead atoms. The Morgan fingerprint density at radius 3 is 2.44 bits per heavy atom. The van der Waals surface area contributed by atoms with Gasteiger partial charge in [0.25, 0.3) is 0 Å². The zero-order valence-electron chi connectivity index (χ0n) is 15.1. The minimum absolute atomic E-state index is 0.743. The molecule has 0 saturated carbocycles. The van der Waals surface area contributed by atoms with Crippen molar-refractivity contribution in [2.24, 2.45) is 0 Å². The molecular formula is C23H20BrN3. The SMILES string of the molecule is CC(=Cc1ccccc1)c1nc2ccc(Br)cn2c1NCc1ccccc1. The van der Waals surface area contributed by atoms with Gasteiger partial charge >= 0.3 is 0 Å². The van der Waals surface area contributed by atoms with Crippen LogP contribution in [0.25, 0.3) is 17.3 Å². The lowest BCUT2D eigenvalue weighted by atomic mass is 10.1. The fourth-order valence-corrected chi connectivity index (χ4v) is 3.45. The fourth-order valence-electron chi connectivity index (χ4n) is 3.11. The predicted molar refractivity (Wildman–Crippen MR) is 117 cm³/mol. The molecule has 0 radical (unpaired) electrons. The molecule has 0 atom stereocenters. The van der Waals surface area contributed by atoms with Gasteiger partial charge in [0, 0.05) is 17.2 Å². The van der Waals surface area contributed by atoms with Crippen LogP contribution in [-0.4, -0.2) is 9.38 Å². The van der Waals surface area contributed by atoms with Crippen molar-refractivity contribution in [2.45, 2.75) is 13.5 Å². The molecule has 4 heteroatoms. The summed E-state index contributed by atoms with van der Waals surface area (Å²) in [5.41, 5.74) is 5.41. The summed E-state index contributed by atoms with van der Waals surface area (Å²) in [7, 11) is 0. The molecule has 2 aromatic heterocycles. The van der Waals surface area contributed by atoms with Crippen LogP contribution < -0.4 is 5.32 Å². The first kappa shape index (κ1) is 17.6. The van der Waals surface area contributed by atoms with Crippen LogP contribution in [0.4, 0.5) is 5.82 Å². The molecule has 4 rings (SSSR count). The predicted octanol–water partition coefficient (Wildman–Crippen LogP) is 6.27. The number of aromatic nitrogens is 2. The molecule has 2 heterocycles. The number of halogens is 1. The molecule has 27 heavy (non-hydrogen) atoms. The third kappa shape index (κ3) is 3.96. The zero-order chi connectivity index (χ0) is 18.6. The lowest BCUT2D eigenvalue weighted by Crippen LogP contribution is -2.04. The highest BCUT2D eigenvalue weighted by atomic mass is 79.9. The van der Waals surface area contributed by atoms with Gasteiger partial charge in [-0.05, 0) is 57.8 Å². The Kier molecular flexibility index (Phi) is 5.07. The highest BCUT2D eigenvalue weighted by Crippen LogP contribution is 2.28. The maximum atomic E-state index is 4.87. The van der Waals surface area contributed by atoms with Gasteiger partial charge in [-0.2, -0.15) is 0 Å². The third-order valence-corrected chi connectivity index (χ3v) is 4.91. The van der Waals surface area contributed by atoms with E-state index in [1.165, 1.54) is 11.1 Å². The lowest BCUT2D eigenvalue weighted by molar-refractivity contribution is 1.08. The molecular weight excluding hydrogens is 398 g/mol. The zero-order valence-corrected chi connectivity index (χ0v) is 16.6. The smallest absolute Gasteiger partial charge is 0.139 e. The first-order chi connectivity index (χ1) is 13.2. The summed E-state index contributed by atoms with van der Waals surface area (Å²) < 4.78 is 3.12. The van der Waals surface area contributed by atoms with E-state index in [9.17, 15) is 0 Å². The van der Waals surface area contributed by atoms with E-state index in [1.54, 1.807) is 0 Å². The second-order valence-electron chi connectivity index (χ2n) is 6.46. The van der Waals surface area contributed by atoms with Gasteiger partial charge in [0.05, 0.1) is 0 Å². The van der Waals surface area contributed by atoms with E-state index >= 15 is 0 Å². The first-order valence-corrected chi connectivity index (χ1v) is 9.69. The van der Waals surface area contributed by atoms with E-state index < -0.39 is 0 Å². The summed E-state index contributed by atoms with van der Waals surface area (Å²) in [4.78, 5) is 4.87. The van der Waals surface area contributed by atoms with Gasteiger partial charge in [0.15, 0.2) is 0 Å². The number of nitrogens with zero attached hydrogens (tertiary/aromatic N) is 2. The van der Waals surface area contributed by atoms with Gasteiger partial charge in [-0.1, -0.05) is 60.7 Å². The van der Waals surface area contributed by atoms with E-state index in [0.717, 1.165) is 33.7 Å². The minimum atomic E-state index is 0.743. The monoisotopic (exact) mass is 417 g/mol. The number of allylic oxidation sites excluding steroid dienone is 1. The van der Waals surface area contributed by atoms with Crippen molar-refractivity contribution < 1.29 is 0 Å². The first-order valence-electron chi connectivity index (χ1n) is 8.90. The van der Waals surface area contributed by atoms with E-state index in [-0.39, 0.29) is 0 Å². The molecule has 1 N–H and O–H groups in total. The molecule has 0 spiro atoms. The summed E-state index contributed by atoms with van der Waals surface area (Å²) in [6.07, 6.45) is 4.22. The number of pyridine rings is 1. The average molecular weight is 418 g/mol. The quantitative estimate of drug-likeness (QED) is 0.414. The van der Waals surface area contributed by atoms with Gasteiger partial charge in [-0.25, -0.2) is 4.98 Å². The number of benzene rings is 2. The number of hydrogen-bond acceptors (Lipinski definition) is 2. The normalized spacial score (nSPS) is 11.7. The van der Waals surface area contributed by atoms with Crippen molar-refractivity contribution in [3.63, 3.8) is 0 Å². The molecule has 0 aliphatic carbocycles. The number of rotatable bonds is 5. The second-order valence-corrected chi connectivity index (χ2v) is 7.38. The van der Waals surface area contributed by atoms with Crippen LogP contribution in [0.1, 0.15) is 23.7 Å². The Morgan fingerprint density at radius 2 is 1.70 bits per heavy atom. The van der Waals surface area contributed by atoms with Crippen molar-refractivity contribution in [3.8, 4) is 0 Å². The van der Waals surface area contributed by atoms with E-state index in [2.05, 4.69) is 93.4 Å². The summed E-state index contributed by atoms with van der Waals surface area (Å²) in [6.45, 7) is 2.85. The van der Waals surface area contributed by atoms with Crippen LogP contribution in [0.2, 0.25) is 0 Å². The van der Waals surface area contributed by atoms with Crippen molar-refractivity contribution in [1.82, 2.24) is 9.38 Å². The topological polar surface area (TPSA) is 29.3 Å². The van der Waals surface area contributed by atoms with Crippen LogP contribution in [-0.2, 0) is 6.54 Å². The minimum Gasteiger partial charge on any atom is -0.365 e. The molecule has 0 fully saturated rings. The Labute approximate surface area is 167 Å². The van der Waals surface area contributed by atoms with Crippen LogP contribution in [0.3, 0.4) is 0 Å². The van der Waals surface area contributed by atoms with Crippen LogP contribution in [0.15, 0.2) is 83.5 Å². The third-order valence-electron chi connectivity index (χ3n) is 4.44. The fraction of sp³-hybridized carbons (Fsp3) is 0.0870. The molecule has 134 valence electrons. The molecule has 0 unspecified atom stereocenters. The van der Waals surface area contributed by atoms with Crippen molar-refractivity contribution in [1.29, 1.82) is 0 Å². The van der Waals surface area contributed by atoms with Crippen molar-refractivity contribution in [3.05, 3.63) is 100 Å². The van der Waals surface area contributed by atoms with Gasteiger partial charge in [0.1, 0.15) is 17.2 Å². The molecule has 3 nitrogen and oxygen atoms in total. The van der Waals surface area contributed by atoms with Crippen molar-refractivity contribution >= 4 is 39.0 Å². The Morgan fingerprint density at radius 1 is 1.00 bits per heavy atom. The number of anilines is 1.